The van der Waals surface area contributed by atoms with Gasteiger partial charge < -0.3 is 0 Å². The van der Waals surface area contributed by atoms with E-state index >= 15 is 0 Å². The average Bonchev–Trinajstić information content (AvgIpc) is 1.61. The van der Waals surface area contributed by atoms with E-state index in [2.05, 4.69) is 4.84 Å². The van der Waals surface area contributed by atoms with Crippen molar-refractivity contribution >= 4 is 10.0 Å². The molecule has 0 spiro atoms. The van der Waals surface area contributed by atoms with Crippen LogP contribution in [-0.2, 0) is 14.9 Å². The molecule has 4 nitrogen and oxygen atoms in total. The van der Waals surface area contributed by atoms with E-state index in [1.165, 1.54) is 0 Å². The molecule has 0 radical (unpaired) electrons. The van der Waals surface area contributed by atoms with Crippen LogP contribution in [0.25, 0.3) is 0 Å². The molecule has 0 heterocycles. The summed E-state index contributed by atoms with van der Waals surface area (Å²) in [7, 11) is -4.55. The van der Waals surface area contributed by atoms with Gasteiger partial charge in [-0.05, 0) is 0 Å². The maximum Gasteiger partial charge on any atom is 0.513 e. The van der Waals surface area contributed by atoms with Gasteiger partial charge in [-0.25, -0.2) is 8.42 Å². The first-order chi connectivity index (χ1) is 4.31. The molecule has 0 aliphatic heterocycles. The van der Waals surface area contributed by atoms with Crippen LogP contribution in [-0.4, -0.2) is 21.0 Å². The van der Waals surface area contributed by atoms with Crippen molar-refractivity contribution in [2.45, 2.75) is 5.51 Å². The predicted octanol–water partition coefficient (Wildman–Crippen LogP) is -0.0130. The van der Waals surface area contributed by atoms with Crippen molar-refractivity contribution in [2.24, 2.45) is 0 Å². The molecule has 0 amide bonds. The van der Waals surface area contributed by atoms with Crippen LogP contribution in [0, 0.1) is 0 Å². The summed E-state index contributed by atoms with van der Waals surface area (Å²) in [6.07, 6.45) is 0. The van der Waals surface area contributed by atoms with Gasteiger partial charge in [-0.2, -0.15) is 13.2 Å². The normalized spacial score (nSPS) is 13.6. The molecule has 0 aromatic heterocycles. The zero-order valence-electron chi connectivity index (χ0n) is 4.77. The molecule has 62 valence electrons. The van der Waals surface area contributed by atoms with Gasteiger partial charge in [-0.15, -0.1) is 0 Å². The Morgan fingerprint density at radius 3 is 1.90 bits per heavy atom. The van der Waals surface area contributed by atoms with Crippen molar-refractivity contribution in [3.05, 3.63) is 0 Å². The number of halogens is 3. The van der Waals surface area contributed by atoms with Crippen LogP contribution in [0.15, 0.2) is 0 Å². The Morgan fingerprint density at radius 2 is 1.80 bits per heavy atom. The number of rotatable bonds is 2. The number of hydrogen-bond donors (Lipinski definition) is 1. The topological polar surface area (TPSA) is 55.4 Å². The zero-order chi connectivity index (χ0) is 8.41. The second-order valence-corrected chi connectivity index (χ2v) is 2.87. The quantitative estimate of drug-likeness (QED) is 0.606. The van der Waals surface area contributed by atoms with E-state index in [4.69, 9.17) is 0 Å². The first-order valence-corrected chi connectivity index (χ1v) is 3.40. The van der Waals surface area contributed by atoms with E-state index in [9.17, 15) is 21.6 Å². The highest BCUT2D eigenvalue weighted by Gasteiger charge is 2.46. The lowest BCUT2D eigenvalue weighted by atomic mass is 11.6. The predicted molar refractivity (Wildman–Crippen MR) is 25.1 cm³/mol. The van der Waals surface area contributed by atoms with Gasteiger partial charge in [0.2, 0.25) is 0 Å². The van der Waals surface area contributed by atoms with Crippen molar-refractivity contribution in [3.63, 3.8) is 0 Å². The van der Waals surface area contributed by atoms with Crippen LogP contribution < -0.4 is 4.89 Å². The summed E-state index contributed by atoms with van der Waals surface area (Å²) >= 11 is 0. The van der Waals surface area contributed by atoms with Gasteiger partial charge in [0.25, 0.3) is 0 Å². The van der Waals surface area contributed by atoms with Crippen LogP contribution >= 0.6 is 0 Å². The van der Waals surface area contributed by atoms with Gasteiger partial charge >= 0.3 is 15.5 Å². The van der Waals surface area contributed by atoms with Crippen molar-refractivity contribution < 1.29 is 26.4 Å². The summed E-state index contributed by atoms with van der Waals surface area (Å²) in [4.78, 5) is 4.38. The summed E-state index contributed by atoms with van der Waals surface area (Å²) in [5.74, 6) is 0. The van der Waals surface area contributed by atoms with E-state index in [0.717, 1.165) is 12.0 Å². The zero-order valence-corrected chi connectivity index (χ0v) is 5.58. The molecule has 0 unspecified atom stereocenters. The molecule has 0 saturated carbocycles. The lowest BCUT2D eigenvalue weighted by molar-refractivity contribution is -0.0499. The molecule has 0 saturated heterocycles. The molecule has 0 fully saturated rings. The monoisotopic (exact) mass is 179 g/mol. The maximum atomic E-state index is 11.3. The van der Waals surface area contributed by atoms with Crippen LogP contribution in [0.3, 0.4) is 0 Å². The number of sulfonamides is 1. The Bertz CT molecular complexity index is 194. The molecule has 10 heavy (non-hydrogen) atoms. The second kappa shape index (κ2) is 2.72. The molecule has 0 bridgehead atoms. The van der Waals surface area contributed by atoms with Gasteiger partial charge in [0.05, 0.1) is 7.11 Å². The minimum Gasteiger partial charge on any atom is -0.290 e. The Labute approximate surface area is 55.0 Å². The molecule has 1 N–H and O–H groups in total. The van der Waals surface area contributed by atoms with Gasteiger partial charge in [0.15, 0.2) is 0 Å². The fourth-order valence-corrected chi connectivity index (χ4v) is 0.471. The highest BCUT2D eigenvalue weighted by atomic mass is 32.2. The first kappa shape index (κ1) is 9.66. The van der Waals surface area contributed by atoms with E-state index in [-0.39, 0.29) is 0 Å². The van der Waals surface area contributed by atoms with Crippen LogP contribution in [0.4, 0.5) is 13.2 Å². The number of hydrogen-bond acceptors (Lipinski definition) is 3. The van der Waals surface area contributed by atoms with E-state index in [1.54, 1.807) is 0 Å². The summed E-state index contributed by atoms with van der Waals surface area (Å²) in [6, 6.07) is 0. The smallest absolute Gasteiger partial charge is 0.290 e. The molecule has 0 aliphatic rings. The molecule has 8 heteroatoms. The van der Waals surface area contributed by atoms with Crippen molar-refractivity contribution in [2.75, 3.05) is 7.11 Å². The third-order valence-electron chi connectivity index (χ3n) is 0.498. The van der Waals surface area contributed by atoms with Gasteiger partial charge in [-0.1, -0.05) is 4.89 Å². The molecule has 0 aromatic rings. The summed E-state index contributed by atoms with van der Waals surface area (Å²) in [5, 5.41) is 0. The first-order valence-electron chi connectivity index (χ1n) is 1.92. The van der Waals surface area contributed by atoms with Crippen LogP contribution in [0.5, 0.6) is 0 Å². The molecular weight excluding hydrogens is 175 g/mol. The SMILES string of the molecule is CONS(=O)(=O)C(F)(F)F. The largest absolute Gasteiger partial charge is 0.513 e. The molecule has 0 aromatic carbocycles. The minimum atomic E-state index is -5.32. The number of alkyl halides is 3. The molecule has 0 atom stereocenters. The fraction of sp³-hybridized carbons (Fsp3) is 1.00. The summed E-state index contributed by atoms with van der Waals surface area (Å²) in [6.45, 7) is 0. The Balaban J connectivity index is 4.44. The fourth-order valence-electron chi connectivity index (χ4n) is 0.157. The standard InChI is InChI=1S/C2H4F3NO3S/c1-9-6-10(7,8)2(3,4)5/h6H,1H3. The molecule has 0 aliphatic carbocycles. The van der Waals surface area contributed by atoms with Gasteiger partial charge in [-0.3, -0.25) is 4.84 Å². The Morgan fingerprint density at radius 1 is 1.40 bits per heavy atom. The van der Waals surface area contributed by atoms with Gasteiger partial charge in [0, 0.05) is 0 Å². The lowest BCUT2D eigenvalue weighted by Crippen LogP contribution is -2.35. The molecule has 0 rings (SSSR count). The van der Waals surface area contributed by atoms with Gasteiger partial charge in [0.1, 0.15) is 0 Å². The summed E-state index contributed by atoms with van der Waals surface area (Å²) in [5.41, 5.74) is -5.32. The summed E-state index contributed by atoms with van der Waals surface area (Å²) < 4.78 is 53.7. The second-order valence-electron chi connectivity index (χ2n) is 1.24. The average molecular weight is 179 g/mol. The van der Waals surface area contributed by atoms with Crippen molar-refractivity contribution in [3.8, 4) is 0 Å². The van der Waals surface area contributed by atoms with E-state index in [1.807, 2.05) is 0 Å². The molecular formula is C2H4F3NO3S. The Kier molecular flexibility index (Phi) is 2.63. The highest BCUT2D eigenvalue weighted by molar-refractivity contribution is 7.90. The van der Waals surface area contributed by atoms with Crippen molar-refractivity contribution in [1.82, 2.24) is 4.89 Å². The lowest BCUT2D eigenvalue weighted by Gasteiger charge is -2.05. The minimum absolute atomic E-state index is 0.767. The highest BCUT2D eigenvalue weighted by Crippen LogP contribution is 2.20. The van der Waals surface area contributed by atoms with E-state index in [0.29, 0.717) is 0 Å². The maximum absolute atomic E-state index is 11.3. The Hall–Kier alpha value is -0.340. The number of nitrogens with one attached hydrogen (secondary N) is 1. The van der Waals surface area contributed by atoms with E-state index < -0.39 is 15.5 Å². The van der Waals surface area contributed by atoms with Crippen LogP contribution in [0.2, 0.25) is 0 Å². The van der Waals surface area contributed by atoms with Crippen LogP contribution in [0.1, 0.15) is 0 Å². The third-order valence-corrected chi connectivity index (χ3v) is 1.49. The third kappa shape index (κ3) is 2.12. The van der Waals surface area contributed by atoms with Crippen molar-refractivity contribution in [1.29, 1.82) is 0 Å².